The van der Waals surface area contributed by atoms with Gasteiger partial charge in [0.05, 0.1) is 30.4 Å². The second-order valence-electron chi connectivity index (χ2n) is 10.5. The number of hydrogen-bond acceptors (Lipinski definition) is 6. The summed E-state index contributed by atoms with van der Waals surface area (Å²) >= 11 is 6.13. The number of methoxy groups -OCH3 is 1. The lowest BCUT2D eigenvalue weighted by Gasteiger charge is -2.37. The number of piperazine rings is 1. The predicted molar refractivity (Wildman–Crippen MR) is 148 cm³/mol. The van der Waals surface area contributed by atoms with Gasteiger partial charge in [0.2, 0.25) is 0 Å². The normalized spacial score (nSPS) is 15.2. The highest BCUT2D eigenvalue weighted by atomic mass is 35.5. The first-order valence-electron chi connectivity index (χ1n) is 12.8. The van der Waals surface area contributed by atoms with Crippen LogP contribution in [0.15, 0.2) is 48.5 Å². The predicted octanol–water partition coefficient (Wildman–Crippen LogP) is 6.32. The number of carbonyl (C=O) groups excluding carboxylic acids is 1. The molecule has 1 aliphatic heterocycles. The fourth-order valence-corrected chi connectivity index (χ4v) is 4.88. The summed E-state index contributed by atoms with van der Waals surface area (Å²) in [6.07, 6.45) is -0.776. The summed E-state index contributed by atoms with van der Waals surface area (Å²) in [5.41, 5.74) is 1.37. The summed E-state index contributed by atoms with van der Waals surface area (Å²) in [6.45, 7) is 8.51. The molecule has 1 amide bonds. The van der Waals surface area contributed by atoms with Crippen LogP contribution in [0.4, 0.5) is 9.18 Å². The molecule has 1 unspecified atom stereocenters. The van der Waals surface area contributed by atoms with Gasteiger partial charge in [0.1, 0.15) is 23.2 Å². The number of nitriles is 1. The van der Waals surface area contributed by atoms with Crippen molar-refractivity contribution in [2.45, 2.75) is 39.1 Å². The molecule has 4 rings (SSSR count). The maximum atomic E-state index is 14.0. The number of rotatable bonds is 7. The molecule has 1 saturated heterocycles. The lowest BCUT2D eigenvalue weighted by Crippen LogP contribution is -2.50. The first kappa shape index (κ1) is 28.6. The van der Waals surface area contributed by atoms with Crippen LogP contribution in [0.1, 0.15) is 43.6 Å². The summed E-state index contributed by atoms with van der Waals surface area (Å²) in [7, 11) is 1.54. The van der Waals surface area contributed by atoms with Gasteiger partial charge in [-0.25, -0.2) is 9.18 Å². The minimum absolute atomic E-state index is 0.0188. The molecule has 0 bridgehead atoms. The van der Waals surface area contributed by atoms with E-state index in [4.69, 9.17) is 25.8 Å². The Hall–Kier alpha value is -3.38. The van der Waals surface area contributed by atoms with Crippen LogP contribution in [0, 0.1) is 17.1 Å². The molecule has 3 aromatic carbocycles. The van der Waals surface area contributed by atoms with Gasteiger partial charge in [-0.2, -0.15) is 5.26 Å². The molecule has 0 saturated carbocycles. The van der Waals surface area contributed by atoms with Crippen LogP contribution >= 0.6 is 11.6 Å². The van der Waals surface area contributed by atoms with Gasteiger partial charge in [0.25, 0.3) is 0 Å². The third-order valence-corrected chi connectivity index (χ3v) is 6.91. The van der Waals surface area contributed by atoms with Crippen LogP contribution < -0.4 is 4.74 Å². The van der Waals surface area contributed by atoms with E-state index in [-0.39, 0.29) is 17.7 Å². The molecule has 1 fully saturated rings. The number of nitrogens with zero attached hydrogens (tertiary/aromatic N) is 3. The van der Waals surface area contributed by atoms with Crippen LogP contribution in [0.2, 0.25) is 5.02 Å². The van der Waals surface area contributed by atoms with Crippen molar-refractivity contribution in [1.29, 1.82) is 5.26 Å². The van der Waals surface area contributed by atoms with Crippen LogP contribution in [0.3, 0.4) is 0 Å². The maximum absolute atomic E-state index is 14.0. The van der Waals surface area contributed by atoms with E-state index in [1.165, 1.54) is 13.2 Å². The zero-order valence-electron chi connectivity index (χ0n) is 22.7. The van der Waals surface area contributed by atoms with E-state index in [1.54, 1.807) is 23.1 Å². The van der Waals surface area contributed by atoms with Gasteiger partial charge in [-0.3, -0.25) is 4.90 Å². The first-order chi connectivity index (χ1) is 18.6. The second-order valence-corrected chi connectivity index (χ2v) is 10.9. The van der Waals surface area contributed by atoms with Gasteiger partial charge >= 0.3 is 6.09 Å². The fourth-order valence-electron chi connectivity index (χ4n) is 4.69. The Morgan fingerprint density at radius 3 is 2.49 bits per heavy atom. The molecule has 39 heavy (non-hydrogen) atoms. The molecule has 1 atom stereocenters. The van der Waals surface area contributed by atoms with Crippen molar-refractivity contribution in [3.05, 3.63) is 76.1 Å². The van der Waals surface area contributed by atoms with Crippen LogP contribution in [-0.4, -0.2) is 61.3 Å². The smallest absolute Gasteiger partial charge is 0.410 e. The van der Waals surface area contributed by atoms with E-state index in [2.05, 4.69) is 11.0 Å². The van der Waals surface area contributed by atoms with E-state index < -0.39 is 17.5 Å². The zero-order valence-corrected chi connectivity index (χ0v) is 23.4. The quantitative estimate of drug-likeness (QED) is 0.341. The molecule has 0 radical (unpaired) electrons. The molecule has 0 N–H and O–H groups in total. The van der Waals surface area contributed by atoms with Gasteiger partial charge < -0.3 is 19.1 Å². The number of halogens is 2. The van der Waals surface area contributed by atoms with E-state index in [0.29, 0.717) is 44.0 Å². The van der Waals surface area contributed by atoms with Crippen LogP contribution in [0.25, 0.3) is 10.8 Å². The van der Waals surface area contributed by atoms with Gasteiger partial charge in [-0.15, -0.1) is 0 Å². The van der Waals surface area contributed by atoms with Crippen molar-refractivity contribution in [3.63, 3.8) is 0 Å². The van der Waals surface area contributed by atoms with Crippen molar-refractivity contribution < 1.29 is 23.4 Å². The van der Waals surface area contributed by atoms with E-state index >= 15 is 0 Å². The number of fused-ring (bicyclic) bond motifs is 1. The lowest BCUT2D eigenvalue weighted by atomic mass is 10.00. The average molecular weight is 554 g/mol. The molecule has 206 valence electrons. The van der Waals surface area contributed by atoms with Crippen molar-refractivity contribution >= 4 is 28.5 Å². The van der Waals surface area contributed by atoms with E-state index in [9.17, 15) is 14.4 Å². The van der Waals surface area contributed by atoms with Crippen molar-refractivity contribution in [1.82, 2.24) is 9.80 Å². The highest BCUT2D eigenvalue weighted by Crippen LogP contribution is 2.34. The van der Waals surface area contributed by atoms with E-state index in [0.717, 1.165) is 21.9 Å². The van der Waals surface area contributed by atoms with Crippen LogP contribution in [-0.2, 0) is 16.1 Å². The Labute approximate surface area is 233 Å². The molecular formula is C30H33ClFN3O4. The molecule has 1 heterocycles. The Morgan fingerprint density at radius 1 is 1.13 bits per heavy atom. The third kappa shape index (κ3) is 6.99. The molecular weight excluding hydrogens is 521 g/mol. The number of amides is 1. The average Bonchev–Trinajstić information content (AvgIpc) is 2.91. The molecule has 0 aliphatic carbocycles. The number of ether oxygens (including phenoxy) is 3. The maximum Gasteiger partial charge on any atom is 0.410 e. The summed E-state index contributed by atoms with van der Waals surface area (Å²) < 4.78 is 31.6. The Bertz CT molecular complexity index is 1380. The minimum Gasteiger partial charge on any atom is -0.495 e. The molecule has 0 aromatic heterocycles. The summed E-state index contributed by atoms with van der Waals surface area (Å²) in [4.78, 5) is 16.4. The van der Waals surface area contributed by atoms with Gasteiger partial charge in [0, 0.05) is 38.3 Å². The largest absolute Gasteiger partial charge is 0.495 e. The van der Waals surface area contributed by atoms with Crippen molar-refractivity contribution in [3.8, 4) is 11.8 Å². The number of carbonyl (C=O) groups is 1. The number of hydrogen-bond donors (Lipinski definition) is 0. The van der Waals surface area contributed by atoms with Gasteiger partial charge in [0.15, 0.2) is 0 Å². The van der Waals surface area contributed by atoms with Crippen molar-refractivity contribution in [2.24, 2.45) is 0 Å². The first-order valence-corrected chi connectivity index (χ1v) is 13.2. The highest BCUT2D eigenvalue weighted by Gasteiger charge is 2.28. The molecule has 1 aliphatic rings. The van der Waals surface area contributed by atoms with Crippen molar-refractivity contribution in [2.75, 3.05) is 39.8 Å². The zero-order chi connectivity index (χ0) is 28.2. The summed E-state index contributed by atoms with van der Waals surface area (Å²) in [5.74, 6) is -0.0300. The SMILES string of the molecule is COc1c(C#N)cc2ccccc2c1COC(CN1CCN(C(=O)OC(C)(C)C)CC1)c1ccc(F)c(Cl)c1. The standard InChI is InChI=1S/C30H33ClFN3O4/c1-30(2,3)39-29(36)35-13-11-34(12-14-35)18-27(21-9-10-26(32)25(31)16-21)38-19-24-23-8-6-5-7-20(23)15-22(17-33)28(24)37-4/h5-10,15-16,27H,11-14,18-19H2,1-4H3. The Kier molecular flexibility index (Phi) is 8.96. The molecule has 3 aromatic rings. The van der Waals surface area contributed by atoms with Gasteiger partial charge in [-0.1, -0.05) is 41.9 Å². The highest BCUT2D eigenvalue weighted by molar-refractivity contribution is 6.30. The van der Waals surface area contributed by atoms with Crippen LogP contribution in [0.5, 0.6) is 5.75 Å². The lowest BCUT2D eigenvalue weighted by molar-refractivity contribution is -0.00770. The van der Waals surface area contributed by atoms with Gasteiger partial charge in [-0.05, 0) is 55.3 Å². The fraction of sp³-hybridized carbons (Fsp3) is 0.400. The second kappa shape index (κ2) is 12.2. The Balaban J connectivity index is 1.56. The third-order valence-electron chi connectivity index (χ3n) is 6.62. The van der Waals surface area contributed by atoms with E-state index in [1.807, 2.05) is 45.0 Å². The Morgan fingerprint density at radius 2 is 1.85 bits per heavy atom. The monoisotopic (exact) mass is 553 g/mol. The number of benzene rings is 3. The summed E-state index contributed by atoms with van der Waals surface area (Å²) in [5, 5.41) is 11.6. The molecule has 9 heteroatoms. The molecule has 7 nitrogen and oxygen atoms in total. The minimum atomic E-state index is -0.552. The molecule has 0 spiro atoms. The summed E-state index contributed by atoms with van der Waals surface area (Å²) in [6, 6.07) is 16.4. The topological polar surface area (TPSA) is 75.0 Å².